The quantitative estimate of drug-likeness (QED) is 0.389. The van der Waals surface area contributed by atoms with Crippen molar-refractivity contribution in [3.05, 3.63) is 59.4 Å². The fourth-order valence-corrected chi connectivity index (χ4v) is 2.01. The van der Waals surface area contributed by atoms with Crippen LogP contribution in [0.1, 0.15) is 30.9 Å². The number of hydrogen-bond donors (Lipinski definition) is 2. The molecule has 3 N–H and O–H groups in total. The topological polar surface area (TPSA) is 67.8 Å². The lowest BCUT2D eigenvalue weighted by Crippen LogP contribution is -2.14. The molecule has 21 heavy (non-hydrogen) atoms. The van der Waals surface area contributed by atoms with Crippen molar-refractivity contribution >= 4 is 5.84 Å². The Labute approximate surface area is 122 Å². The van der Waals surface area contributed by atoms with Crippen LogP contribution in [-0.4, -0.2) is 11.0 Å². The van der Waals surface area contributed by atoms with E-state index in [2.05, 4.69) is 19.0 Å². The number of benzene rings is 2. The van der Waals surface area contributed by atoms with Gasteiger partial charge in [-0.25, -0.2) is 4.39 Å². The Kier molecular flexibility index (Phi) is 4.42. The van der Waals surface area contributed by atoms with E-state index in [4.69, 9.17) is 15.7 Å². The highest BCUT2D eigenvalue weighted by atomic mass is 19.1. The lowest BCUT2D eigenvalue weighted by Gasteiger charge is -2.15. The number of nitrogens with zero attached hydrogens (tertiary/aromatic N) is 1. The van der Waals surface area contributed by atoms with E-state index in [0.29, 0.717) is 11.5 Å². The zero-order chi connectivity index (χ0) is 15.4. The maximum atomic E-state index is 13.3. The van der Waals surface area contributed by atoms with Crippen LogP contribution in [0.4, 0.5) is 4.39 Å². The van der Waals surface area contributed by atoms with Crippen molar-refractivity contribution in [2.24, 2.45) is 10.9 Å². The molecule has 0 unspecified atom stereocenters. The smallest absolute Gasteiger partial charge is 0.173 e. The third-order valence-electron chi connectivity index (χ3n) is 3.09. The Balaban J connectivity index is 2.45. The Morgan fingerprint density at radius 3 is 2.57 bits per heavy atom. The molecular formula is C16H17FN2O2. The Hall–Kier alpha value is -2.56. The molecule has 2 aromatic rings. The molecule has 2 aromatic carbocycles. The molecule has 0 radical (unpaired) electrons. The zero-order valence-electron chi connectivity index (χ0n) is 11.9. The first-order chi connectivity index (χ1) is 10.0. The third kappa shape index (κ3) is 3.31. The van der Waals surface area contributed by atoms with Crippen LogP contribution in [0.15, 0.2) is 47.6 Å². The molecule has 0 bridgehead atoms. The highest BCUT2D eigenvalue weighted by Gasteiger charge is 2.13. The minimum atomic E-state index is -0.485. The van der Waals surface area contributed by atoms with Gasteiger partial charge >= 0.3 is 0 Å². The Morgan fingerprint density at radius 2 is 1.90 bits per heavy atom. The fourth-order valence-electron chi connectivity index (χ4n) is 2.01. The van der Waals surface area contributed by atoms with E-state index in [0.717, 1.165) is 5.56 Å². The van der Waals surface area contributed by atoms with Crippen LogP contribution in [0.5, 0.6) is 11.5 Å². The zero-order valence-corrected chi connectivity index (χ0v) is 11.9. The number of halogens is 1. The summed E-state index contributed by atoms with van der Waals surface area (Å²) >= 11 is 0. The van der Waals surface area contributed by atoms with Crippen LogP contribution in [0.25, 0.3) is 0 Å². The molecule has 0 atom stereocenters. The number of amidine groups is 1. The molecule has 0 aliphatic rings. The summed E-state index contributed by atoms with van der Waals surface area (Å²) in [6, 6.07) is 11.5. The van der Waals surface area contributed by atoms with Gasteiger partial charge in [-0.3, -0.25) is 0 Å². The fraction of sp³-hybridized carbons (Fsp3) is 0.188. The first kappa shape index (κ1) is 14.8. The molecule has 5 heteroatoms. The maximum absolute atomic E-state index is 13.3. The van der Waals surface area contributed by atoms with Gasteiger partial charge in [0.05, 0.1) is 5.56 Å². The van der Waals surface area contributed by atoms with E-state index in [1.165, 1.54) is 18.2 Å². The summed E-state index contributed by atoms with van der Waals surface area (Å²) in [4.78, 5) is 0. The molecule has 0 aliphatic carbocycles. The maximum Gasteiger partial charge on any atom is 0.173 e. The van der Waals surface area contributed by atoms with E-state index in [9.17, 15) is 4.39 Å². The van der Waals surface area contributed by atoms with Crippen molar-refractivity contribution in [1.29, 1.82) is 0 Å². The minimum Gasteiger partial charge on any atom is -0.456 e. The molecule has 0 heterocycles. The van der Waals surface area contributed by atoms with Gasteiger partial charge in [0.25, 0.3) is 0 Å². The second kappa shape index (κ2) is 6.26. The molecule has 0 fully saturated rings. The van der Waals surface area contributed by atoms with E-state index in [1.807, 2.05) is 24.3 Å². The SMILES string of the molecule is CC(C)c1ccccc1Oc1ccc(F)cc1C(N)=NO. The number of rotatable bonds is 4. The number of ether oxygens (including phenoxy) is 1. The summed E-state index contributed by atoms with van der Waals surface area (Å²) in [5.74, 6) is 0.576. The second-order valence-electron chi connectivity index (χ2n) is 4.92. The van der Waals surface area contributed by atoms with Crippen molar-refractivity contribution in [2.75, 3.05) is 0 Å². The van der Waals surface area contributed by atoms with Gasteiger partial charge < -0.3 is 15.7 Å². The minimum absolute atomic E-state index is 0.202. The van der Waals surface area contributed by atoms with E-state index in [1.54, 1.807) is 0 Å². The third-order valence-corrected chi connectivity index (χ3v) is 3.09. The molecular weight excluding hydrogens is 271 g/mol. The average molecular weight is 288 g/mol. The van der Waals surface area contributed by atoms with E-state index < -0.39 is 5.82 Å². The number of nitrogens with two attached hydrogens (primary N) is 1. The Morgan fingerprint density at radius 1 is 1.19 bits per heavy atom. The van der Waals surface area contributed by atoms with Gasteiger partial charge in [0.2, 0.25) is 0 Å². The summed E-state index contributed by atoms with van der Waals surface area (Å²) in [6.07, 6.45) is 0. The van der Waals surface area contributed by atoms with Crippen LogP contribution >= 0.6 is 0 Å². The summed E-state index contributed by atoms with van der Waals surface area (Å²) in [5.41, 5.74) is 6.79. The number of hydrogen-bond acceptors (Lipinski definition) is 3. The predicted molar refractivity (Wildman–Crippen MR) is 79.5 cm³/mol. The van der Waals surface area contributed by atoms with Gasteiger partial charge in [-0.15, -0.1) is 0 Å². The molecule has 0 aliphatic heterocycles. The Bertz CT molecular complexity index is 669. The van der Waals surface area contributed by atoms with Crippen molar-refractivity contribution in [3.8, 4) is 11.5 Å². The van der Waals surface area contributed by atoms with Crippen LogP contribution in [-0.2, 0) is 0 Å². The highest BCUT2D eigenvalue weighted by molar-refractivity contribution is 5.99. The van der Waals surface area contributed by atoms with Crippen LogP contribution < -0.4 is 10.5 Å². The molecule has 2 rings (SSSR count). The molecule has 110 valence electrons. The van der Waals surface area contributed by atoms with E-state index in [-0.39, 0.29) is 17.3 Å². The van der Waals surface area contributed by atoms with Gasteiger partial charge in [-0.1, -0.05) is 37.2 Å². The summed E-state index contributed by atoms with van der Waals surface area (Å²) in [5, 5.41) is 11.7. The molecule has 0 aromatic heterocycles. The van der Waals surface area contributed by atoms with Crippen molar-refractivity contribution in [2.45, 2.75) is 19.8 Å². The molecule has 0 saturated heterocycles. The lowest BCUT2D eigenvalue weighted by atomic mass is 10.0. The number of para-hydroxylation sites is 1. The summed E-state index contributed by atoms with van der Waals surface area (Å²) < 4.78 is 19.2. The normalized spacial score (nSPS) is 11.7. The first-order valence-corrected chi connectivity index (χ1v) is 6.57. The van der Waals surface area contributed by atoms with Crippen molar-refractivity contribution < 1.29 is 14.3 Å². The standard InChI is InChI=1S/C16H17FN2O2/c1-10(2)12-5-3-4-6-14(12)21-15-8-7-11(17)9-13(15)16(18)19-20/h3-10,20H,1-2H3,(H2,18,19). The predicted octanol–water partition coefficient (Wildman–Crippen LogP) is 3.84. The second-order valence-corrected chi connectivity index (χ2v) is 4.92. The van der Waals surface area contributed by atoms with Gasteiger partial charge in [0.1, 0.15) is 17.3 Å². The van der Waals surface area contributed by atoms with Crippen LogP contribution in [0.3, 0.4) is 0 Å². The van der Waals surface area contributed by atoms with Crippen LogP contribution in [0, 0.1) is 5.82 Å². The molecule has 0 spiro atoms. The first-order valence-electron chi connectivity index (χ1n) is 6.57. The number of oxime groups is 1. The summed E-state index contributed by atoms with van der Waals surface area (Å²) in [7, 11) is 0. The largest absolute Gasteiger partial charge is 0.456 e. The van der Waals surface area contributed by atoms with Gasteiger partial charge in [0.15, 0.2) is 5.84 Å². The summed E-state index contributed by atoms with van der Waals surface area (Å²) in [6.45, 7) is 4.11. The van der Waals surface area contributed by atoms with Crippen LogP contribution in [0.2, 0.25) is 0 Å². The highest BCUT2D eigenvalue weighted by Crippen LogP contribution is 2.32. The van der Waals surface area contributed by atoms with Gasteiger partial charge in [-0.2, -0.15) is 0 Å². The molecule has 4 nitrogen and oxygen atoms in total. The lowest BCUT2D eigenvalue weighted by molar-refractivity contribution is 0.318. The van der Waals surface area contributed by atoms with Crippen molar-refractivity contribution in [3.63, 3.8) is 0 Å². The molecule has 0 saturated carbocycles. The molecule has 0 amide bonds. The van der Waals surface area contributed by atoms with Crippen molar-refractivity contribution in [1.82, 2.24) is 0 Å². The van der Waals surface area contributed by atoms with E-state index >= 15 is 0 Å². The van der Waals surface area contributed by atoms with Gasteiger partial charge in [0, 0.05) is 0 Å². The average Bonchev–Trinajstić information content (AvgIpc) is 2.48. The van der Waals surface area contributed by atoms with Gasteiger partial charge in [-0.05, 0) is 35.7 Å². The monoisotopic (exact) mass is 288 g/mol.